The predicted octanol–water partition coefficient (Wildman–Crippen LogP) is 6.03. The maximum atomic E-state index is 13.1. The zero-order valence-electron chi connectivity index (χ0n) is 16.8. The SMILES string of the molecule is COc1ccc(-c2csc(-c3ccnc(SCc4ccc(F)cc4)c3)n2)c(OC)c1O. The number of thiazole rings is 1. The Hall–Kier alpha value is -3.10. The van der Waals surface area contributed by atoms with E-state index in [2.05, 4.69) is 4.98 Å². The molecule has 0 amide bonds. The molecule has 0 aliphatic heterocycles. The number of thioether (sulfide) groups is 1. The van der Waals surface area contributed by atoms with E-state index in [1.807, 2.05) is 23.6 Å². The van der Waals surface area contributed by atoms with E-state index in [4.69, 9.17) is 14.5 Å². The van der Waals surface area contributed by atoms with Gasteiger partial charge >= 0.3 is 0 Å². The summed E-state index contributed by atoms with van der Waals surface area (Å²) in [6.07, 6.45) is 1.75. The Bertz CT molecular complexity index is 1200. The molecule has 5 nitrogen and oxygen atoms in total. The summed E-state index contributed by atoms with van der Waals surface area (Å²) in [5.74, 6) is 1.06. The van der Waals surface area contributed by atoms with Gasteiger partial charge in [0.1, 0.15) is 10.8 Å². The lowest BCUT2D eigenvalue weighted by Gasteiger charge is -2.11. The molecule has 2 heterocycles. The third-order valence-corrected chi connectivity index (χ3v) is 6.47. The van der Waals surface area contributed by atoms with E-state index in [9.17, 15) is 9.50 Å². The molecule has 1 N–H and O–H groups in total. The minimum absolute atomic E-state index is 0.0551. The summed E-state index contributed by atoms with van der Waals surface area (Å²) in [6, 6.07) is 13.9. The molecular weight excluding hydrogens is 435 g/mol. The molecule has 0 bridgehead atoms. The fourth-order valence-corrected chi connectivity index (χ4v) is 4.69. The number of aromatic hydroxyl groups is 1. The third-order valence-electron chi connectivity index (χ3n) is 4.58. The number of phenols is 1. The van der Waals surface area contributed by atoms with Crippen molar-refractivity contribution in [2.75, 3.05) is 14.2 Å². The second-order valence-corrected chi connectivity index (χ2v) is 8.39. The Labute approximate surface area is 187 Å². The van der Waals surface area contributed by atoms with Crippen molar-refractivity contribution in [3.63, 3.8) is 0 Å². The molecule has 0 aliphatic rings. The van der Waals surface area contributed by atoms with Gasteiger partial charge in [-0.05, 0) is 42.0 Å². The average Bonchev–Trinajstić information content (AvgIpc) is 3.29. The van der Waals surface area contributed by atoms with Crippen LogP contribution in [-0.2, 0) is 5.75 Å². The van der Waals surface area contributed by atoms with Crippen molar-refractivity contribution in [3.8, 4) is 39.1 Å². The van der Waals surface area contributed by atoms with Gasteiger partial charge in [0.15, 0.2) is 11.5 Å². The molecule has 2 aromatic heterocycles. The average molecular weight is 455 g/mol. The summed E-state index contributed by atoms with van der Waals surface area (Å²) in [6.45, 7) is 0. The Morgan fingerprint density at radius 1 is 1.06 bits per heavy atom. The lowest BCUT2D eigenvalue weighted by Crippen LogP contribution is -1.92. The molecule has 4 rings (SSSR count). The summed E-state index contributed by atoms with van der Waals surface area (Å²) < 4.78 is 23.6. The van der Waals surface area contributed by atoms with Gasteiger partial charge in [-0.1, -0.05) is 12.1 Å². The highest BCUT2D eigenvalue weighted by atomic mass is 32.2. The van der Waals surface area contributed by atoms with Gasteiger partial charge in [0.2, 0.25) is 5.75 Å². The molecule has 8 heteroatoms. The van der Waals surface area contributed by atoms with Crippen LogP contribution in [0.15, 0.2) is 65.1 Å². The fraction of sp³-hybridized carbons (Fsp3) is 0.130. The monoisotopic (exact) mass is 454 g/mol. The zero-order valence-corrected chi connectivity index (χ0v) is 18.5. The largest absolute Gasteiger partial charge is 0.502 e. The lowest BCUT2D eigenvalue weighted by molar-refractivity contribution is 0.341. The topological polar surface area (TPSA) is 64.5 Å². The molecule has 2 aromatic carbocycles. The number of rotatable bonds is 7. The molecule has 0 saturated heterocycles. The second kappa shape index (κ2) is 9.36. The maximum absolute atomic E-state index is 13.1. The summed E-state index contributed by atoms with van der Waals surface area (Å²) in [5, 5.41) is 14.0. The number of aromatic nitrogens is 2. The minimum Gasteiger partial charge on any atom is -0.502 e. The molecule has 0 aliphatic carbocycles. The molecule has 31 heavy (non-hydrogen) atoms. The Kier molecular flexibility index (Phi) is 6.39. The van der Waals surface area contributed by atoms with Gasteiger partial charge < -0.3 is 14.6 Å². The highest BCUT2D eigenvalue weighted by molar-refractivity contribution is 7.98. The van der Waals surface area contributed by atoms with Crippen LogP contribution in [0.3, 0.4) is 0 Å². The molecule has 4 aromatic rings. The quantitative estimate of drug-likeness (QED) is 0.344. The van der Waals surface area contributed by atoms with E-state index in [0.29, 0.717) is 28.5 Å². The number of ether oxygens (including phenoxy) is 2. The number of hydrogen-bond acceptors (Lipinski definition) is 7. The Morgan fingerprint density at radius 3 is 2.61 bits per heavy atom. The van der Waals surface area contributed by atoms with Gasteiger partial charge in [0.25, 0.3) is 0 Å². The van der Waals surface area contributed by atoms with Gasteiger partial charge in [-0.2, -0.15) is 0 Å². The molecule has 0 radical (unpaired) electrons. The van der Waals surface area contributed by atoms with Crippen LogP contribution in [0.25, 0.3) is 21.8 Å². The molecule has 0 unspecified atom stereocenters. The first-order valence-corrected chi connectivity index (χ1v) is 11.2. The summed E-state index contributed by atoms with van der Waals surface area (Å²) >= 11 is 3.08. The van der Waals surface area contributed by atoms with E-state index in [1.54, 1.807) is 36.2 Å². The number of halogens is 1. The normalized spacial score (nSPS) is 10.8. The van der Waals surface area contributed by atoms with E-state index >= 15 is 0 Å². The van der Waals surface area contributed by atoms with Gasteiger partial charge in [-0.15, -0.1) is 23.1 Å². The highest BCUT2D eigenvalue weighted by Gasteiger charge is 2.18. The van der Waals surface area contributed by atoms with Gasteiger partial charge in [-0.25, -0.2) is 14.4 Å². The third kappa shape index (κ3) is 4.65. The molecule has 0 fully saturated rings. The number of nitrogens with zero attached hydrogens (tertiary/aromatic N) is 2. The molecule has 0 atom stereocenters. The van der Waals surface area contributed by atoms with Gasteiger partial charge in [0.05, 0.1) is 24.9 Å². The van der Waals surface area contributed by atoms with Crippen LogP contribution in [0.5, 0.6) is 17.2 Å². The van der Waals surface area contributed by atoms with Gasteiger partial charge in [-0.3, -0.25) is 0 Å². The van der Waals surface area contributed by atoms with Crippen molar-refractivity contribution in [2.45, 2.75) is 10.8 Å². The standard InChI is InChI=1S/C23H19FN2O3S2/c1-28-19-8-7-17(22(29-2)21(19)27)18-13-31-23(26-18)15-9-10-25-20(11-15)30-12-14-3-5-16(24)6-4-14/h3-11,13,27H,12H2,1-2H3. The summed E-state index contributed by atoms with van der Waals surface area (Å²) in [5.41, 5.74) is 3.36. The van der Waals surface area contributed by atoms with Crippen molar-refractivity contribution >= 4 is 23.1 Å². The first-order chi connectivity index (χ1) is 15.1. The van der Waals surface area contributed by atoms with Crippen LogP contribution in [0.2, 0.25) is 0 Å². The second-order valence-electron chi connectivity index (χ2n) is 6.53. The number of phenolic OH excluding ortho intramolecular Hbond substituents is 1. The van der Waals surface area contributed by atoms with Crippen LogP contribution < -0.4 is 9.47 Å². The summed E-state index contributed by atoms with van der Waals surface area (Å²) in [4.78, 5) is 9.15. The van der Waals surface area contributed by atoms with Crippen LogP contribution >= 0.6 is 23.1 Å². The summed E-state index contributed by atoms with van der Waals surface area (Å²) in [7, 11) is 2.99. The Balaban J connectivity index is 1.56. The fourth-order valence-electron chi connectivity index (χ4n) is 3.02. The maximum Gasteiger partial charge on any atom is 0.201 e. The lowest BCUT2D eigenvalue weighted by atomic mass is 10.1. The first-order valence-electron chi connectivity index (χ1n) is 9.32. The number of pyridine rings is 1. The smallest absolute Gasteiger partial charge is 0.201 e. The number of benzene rings is 2. The highest BCUT2D eigenvalue weighted by Crippen LogP contribution is 2.44. The molecule has 0 saturated carbocycles. The molecule has 158 valence electrons. The predicted molar refractivity (Wildman–Crippen MR) is 122 cm³/mol. The number of hydrogen-bond donors (Lipinski definition) is 1. The zero-order chi connectivity index (χ0) is 21.8. The van der Waals surface area contributed by atoms with Crippen molar-refractivity contribution in [1.82, 2.24) is 9.97 Å². The van der Waals surface area contributed by atoms with Crippen LogP contribution in [-0.4, -0.2) is 29.3 Å². The van der Waals surface area contributed by atoms with Crippen molar-refractivity contribution in [3.05, 3.63) is 71.5 Å². The first kappa shape index (κ1) is 21.1. The number of methoxy groups -OCH3 is 2. The minimum atomic E-state index is -0.241. The van der Waals surface area contributed by atoms with E-state index in [1.165, 1.54) is 37.7 Å². The molecular formula is C23H19FN2O3S2. The van der Waals surface area contributed by atoms with Crippen LogP contribution in [0.4, 0.5) is 4.39 Å². The van der Waals surface area contributed by atoms with Crippen molar-refractivity contribution < 1.29 is 19.0 Å². The van der Waals surface area contributed by atoms with E-state index < -0.39 is 0 Å². The van der Waals surface area contributed by atoms with Gasteiger partial charge in [0, 0.05) is 28.5 Å². The Morgan fingerprint density at radius 2 is 1.87 bits per heavy atom. The van der Waals surface area contributed by atoms with Crippen molar-refractivity contribution in [2.24, 2.45) is 0 Å². The van der Waals surface area contributed by atoms with E-state index in [-0.39, 0.29) is 11.6 Å². The van der Waals surface area contributed by atoms with E-state index in [0.717, 1.165) is 21.2 Å². The van der Waals surface area contributed by atoms with Crippen LogP contribution in [0, 0.1) is 5.82 Å². The molecule has 0 spiro atoms. The van der Waals surface area contributed by atoms with Crippen molar-refractivity contribution in [1.29, 1.82) is 0 Å². The van der Waals surface area contributed by atoms with Crippen LogP contribution in [0.1, 0.15) is 5.56 Å².